The molecular weight excluding hydrogens is 336 g/mol. The monoisotopic (exact) mass is 356 g/mol. The number of nitrogens with zero attached hydrogens (tertiary/aromatic N) is 2. The summed E-state index contributed by atoms with van der Waals surface area (Å²) in [4.78, 5) is 18.1. The van der Waals surface area contributed by atoms with Crippen molar-refractivity contribution in [3.63, 3.8) is 0 Å². The van der Waals surface area contributed by atoms with Gasteiger partial charge in [0.1, 0.15) is 6.54 Å². The van der Waals surface area contributed by atoms with Crippen molar-refractivity contribution in [2.75, 3.05) is 30.0 Å². The van der Waals surface area contributed by atoms with Crippen molar-refractivity contribution in [3.8, 4) is 0 Å². The molecule has 0 unspecified atom stereocenters. The van der Waals surface area contributed by atoms with Crippen LogP contribution in [0.15, 0.2) is 53.4 Å². The third-order valence-electron chi connectivity index (χ3n) is 3.72. The topological polar surface area (TPSA) is 79.2 Å². The van der Waals surface area contributed by atoms with Gasteiger partial charge in [-0.1, -0.05) is 12.1 Å². The first-order valence-corrected chi connectivity index (χ1v) is 9.17. The molecule has 3 rings (SSSR count). The number of thioether (sulfide) groups is 1. The van der Waals surface area contributed by atoms with Gasteiger partial charge in [0.2, 0.25) is 11.9 Å². The number of aromatic nitrogens is 2. The third-order valence-corrected chi connectivity index (χ3v) is 4.47. The largest absolute Gasteiger partial charge is 0.395 e. The Kier molecular flexibility index (Phi) is 5.57. The molecule has 0 aliphatic heterocycles. The number of aliphatic hydroxyl groups is 1. The lowest BCUT2D eigenvalue weighted by atomic mass is 10.3. The molecule has 0 fully saturated rings. The second-order valence-corrected chi connectivity index (χ2v) is 6.32. The molecule has 1 heterocycles. The average Bonchev–Trinajstić information content (AvgIpc) is 2.98. The van der Waals surface area contributed by atoms with Gasteiger partial charge in [-0.25, -0.2) is 4.98 Å². The van der Waals surface area contributed by atoms with Crippen LogP contribution in [-0.4, -0.2) is 40.0 Å². The lowest BCUT2D eigenvalue weighted by molar-refractivity contribution is -0.116. The Balaban J connectivity index is 1.79. The first-order valence-electron chi connectivity index (χ1n) is 7.95. The maximum Gasteiger partial charge on any atom is 0.244 e. The second-order valence-electron chi connectivity index (χ2n) is 5.44. The number of carbonyl (C=O) groups is 1. The number of nitrogens with one attached hydrogen (secondary N) is 2. The fourth-order valence-electron chi connectivity index (χ4n) is 2.56. The Morgan fingerprint density at radius 1 is 1.20 bits per heavy atom. The van der Waals surface area contributed by atoms with Gasteiger partial charge in [-0.15, -0.1) is 11.8 Å². The molecule has 6 nitrogen and oxygen atoms in total. The minimum absolute atomic E-state index is 0.00279. The van der Waals surface area contributed by atoms with Crippen molar-refractivity contribution in [3.05, 3.63) is 48.5 Å². The van der Waals surface area contributed by atoms with Crippen LogP contribution in [0.4, 0.5) is 11.6 Å². The van der Waals surface area contributed by atoms with Gasteiger partial charge in [0.15, 0.2) is 0 Å². The van der Waals surface area contributed by atoms with Crippen molar-refractivity contribution < 1.29 is 9.90 Å². The normalized spacial score (nSPS) is 10.8. The van der Waals surface area contributed by atoms with Crippen LogP contribution in [0.1, 0.15) is 0 Å². The number of aliphatic hydroxyl groups excluding tert-OH is 1. The molecule has 0 saturated carbocycles. The average molecular weight is 356 g/mol. The fraction of sp³-hybridized carbons (Fsp3) is 0.222. The summed E-state index contributed by atoms with van der Waals surface area (Å²) in [6.45, 7) is 0.511. The van der Waals surface area contributed by atoms with Gasteiger partial charge in [-0.05, 0) is 42.7 Å². The van der Waals surface area contributed by atoms with E-state index >= 15 is 0 Å². The van der Waals surface area contributed by atoms with Crippen molar-refractivity contribution >= 4 is 40.3 Å². The zero-order valence-electron chi connectivity index (χ0n) is 13.9. The van der Waals surface area contributed by atoms with E-state index in [2.05, 4.69) is 15.6 Å². The first-order chi connectivity index (χ1) is 12.2. The van der Waals surface area contributed by atoms with Gasteiger partial charge < -0.3 is 20.3 Å². The van der Waals surface area contributed by atoms with Gasteiger partial charge in [-0.2, -0.15) is 0 Å². The molecule has 3 N–H and O–H groups in total. The van der Waals surface area contributed by atoms with E-state index in [4.69, 9.17) is 5.11 Å². The summed E-state index contributed by atoms with van der Waals surface area (Å²) in [6.07, 6.45) is 2.01. The van der Waals surface area contributed by atoms with E-state index in [-0.39, 0.29) is 19.1 Å². The van der Waals surface area contributed by atoms with Crippen molar-refractivity contribution in [2.24, 2.45) is 0 Å². The van der Waals surface area contributed by atoms with Crippen LogP contribution in [0, 0.1) is 0 Å². The quantitative estimate of drug-likeness (QED) is 0.567. The number of rotatable bonds is 7. The van der Waals surface area contributed by atoms with Crippen molar-refractivity contribution in [1.29, 1.82) is 0 Å². The van der Waals surface area contributed by atoms with Crippen LogP contribution in [0.2, 0.25) is 0 Å². The first kappa shape index (κ1) is 17.3. The van der Waals surface area contributed by atoms with Crippen LogP contribution in [0.3, 0.4) is 0 Å². The summed E-state index contributed by atoms with van der Waals surface area (Å²) >= 11 is 1.66. The summed E-state index contributed by atoms with van der Waals surface area (Å²) in [5.41, 5.74) is 2.44. The highest BCUT2D eigenvalue weighted by atomic mass is 32.2. The molecule has 2 aromatic carbocycles. The van der Waals surface area contributed by atoms with Crippen LogP contribution >= 0.6 is 11.8 Å². The summed E-state index contributed by atoms with van der Waals surface area (Å²) in [7, 11) is 0. The maximum absolute atomic E-state index is 12.5. The predicted molar refractivity (Wildman–Crippen MR) is 102 cm³/mol. The van der Waals surface area contributed by atoms with Gasteiger partial charge in [0, 0.05) is 17.1 Å². The molecule has 0 saturated heterocycles. The lowest BCUT2D eigenvalue weighted by Crippen LogP contribution is -2.21. The van der Waals surface area contributed by atoms with Gasteiger partial charge >= 0.3 is 0 Å². The highest BCUT2D eigenvalue weighted by Gasteiger charge is 2.13. The van der Waals surface area contributed by atoms with E-state index in [1.165, 1.54) is 0 Å². The number of fused-ring (bicyclic) bond motifs is 1. The van der Waals surface area contributed by atoms with Gasteiger partial charge in [0.05, 0.1) is 17.6 Å². The zero-order chi connectivity index (χ0) is 17.6. The van der Waals surface area contributed by atoms with E-state index in [1.54, 1.807) is 11.8 Å². The molecule has 25 heavy (non-hydrogen) atoms. The number of benzene rings is 2. The van der Waals surface area contributed by atoms with Gasteiger partial charge in [0.25, 0.3) is 0 Å². The van der Waals surface area contributed by atoms with Crippen molar-refractivity contribution in [2.45, 2.75) is 11.4 Å². The lowest BCUT2D eigenvalue weighted by Gasteiger charge is -2.11. The molecule has 0 spiro atoms. The SMILES string of the molecule is CSc1ccc(NC(=O)Cn2c(NCCO)nc3ccccc32)cc1. The molecule has 7 heteroatoms. The Hall–Kier alpha value is -2.51. The molecule has 0 aliphatic carbocycles. The van der Waals surface area contributed by atoms with E-state index in [0.717, 1.165) is 21.6 Å². The Labute approximate surface area is 150 Å². The maximum atomic E-state index is 12.5. The smallest absolute Gasteiger partial charge is 0.244 e. The number of hydrogen-bond donors (Lipinski definition) is 3. The molecule has 3 aromatic rings. The molecular formula is C18H20N4O2S. The summed E-state index contributed by atoms with van der Waals surface area (Å²) in [5.74, 6) is 0.440. The zero-order valence-corrected chi connectivity index (χ0v) is 14.7. The minimum Gasteiger partial charge on any atom is -0.395 e. The predicted octanol–water partition coefficient (Wildman–Crippen LogP) is 2.80. The molecule has 130 valence electrons. The van der Waals surface area contributed by atoms with E-state index in [0.29, 0.717) is 12.5 Å². The number of hydrogen-bond acceptors (Lipinski definition) is 5. The van der Waals surface area contributed by atoms with Crippen LogP contribution in [0.5, 0.6) is 0 Å². The molecule has 0 radical (unpaired) electrons. The minimum atomic E-state index is -0.132. The van der Waals surface area contributed by atoms with Crippen molar-refractivity contribution in [1.82, 2.24) is 9.55 Å². The second kappa shape index (κ2) is 8.04. The summed E-state index contributed by atoms with van der Waals surface area (Å²) in [5, 5.41) is 15.0. The number of imidazole rings is 1. The Morgan fingerprint density at radius 2 is 1.96 bits per heavy atom. The number of anilines is 2. The van der Waals surface area contributed by atoms with Crippen LogP contribution in [0.25, 0.3) is 11.0 Å². The fourth-order valence-corrected chi connectivity index (χ4v) is 2.96. The van der Waals surface area contributed by atoms with E-state index in [9.17, 15) is 4.79 Å². The van der Waals surface area contributed by atoms with Crippen LogP contribution < -0.4 is 10.6 Å². The Bertz CT molecular complexity index is 861. The number of amides is 1. The molecule has 0 aliphatic rings. The Morgan fingerprint density at radius 3 is 2.68 bits per heavy atom. The number of carbonyl (C=O) groups excluding carboxylic acids is 1. The molecule has 1 aromatic heterocycles. The standard InChI is InChI=1S/C18H20N4O2S/c1-25-14-8-6-13(7-9-14)20-17(24)12-22-16-5-3-2-4-15(16)21-18(22)19-10-11-23/h2-9,23H,10-12H2,1H3,(H,19,21)(H,20,24). The number of para-hydroxylation sites is 2. The summed E-state index contributed by atoms with van der Waals surface area (Å²) < 4.78 is 1.82. The van der Waals surface area contributed by atoms with E-state index in [1.807, 2.05) is 59.4 Å². The molecule has 1 amide bonds. The van der Waals surface area contributed by atoms with Crippen LogP contribution in [-0.2, 0) is 11.3 Å². The third kappa shape index (κ3) is 4.12. The molecule has 0 atom stereocenters. The highest BCUT2D eigenvalue weighted by molar-refractivity contribution is 7.98. The van der Waals surface area contributed by atoms with Gasteiger partial charge in [-0.3, -0.25) is 4.79 Å². The highest BCUT2D eigenvalue weighted by Crippen LogP contribution is 2.20. The summed E-state index contributed by atoms with van der Waals surface area (Å²) in [6, 6.07) is 15.4. The van der Waals surface area contributed by atoms with E-state index < -0.39 is 0 Å². The molecule has 0 bridgehead atoms.